The third-order valence-electron chi connectivity index (χ3n) is 3.30. The summed E-state index contributed by atoms with van der Waals surface area (Å²) < 4.78 is 5.51. The van der Waals surface area contributed by atoms with Gasteiger partial charge in [0.15, 0.2) is 0 Å². The summed E-state index contributed by atoms with van der Waals surface area (Å²) in [5, 5.41) is 9.17. The molecular weight excluding hydrogens is 230 g/mol. The van der Waals surface area contributed by atoms with Crippen molar-refractivity contribution in [3.8, 4) is 0 Å². The number of nitrogens with zero attached hydrogens (tertiary/aromatic N) is 2. The van der Waals surface area contributed by atoms with Gasteiger partial charge in [-0.1, -0.05) is 6.07 Å². The van der Waals surface area contributed by atoms with Crippen molar-refractivity contribution in [2.24, 2.45) is 5.73 Å². The Morgan fingerprint density at radius 2 is 2.39 bits per heavy atom. The maximum Gasteiger partial charge on any atom is 0.128 e. The lowest BCUT2D eigenvalue weighted by atomic mass is 10.1. The zero-order valence-electron chi connectivity index (χ0n) is 10.9. The van der Waals surface area contributed by atoms with Crippen LogP contribution in [0.3, 0.4) is 0 Å². The number of pyridine rings is 1. The van der Waals surface area contributed by atoms with E-state index >= 15 is 0 Å². The van der Waals surface area contributed by atoms with Gasteiger partial charge < -0.3 is 20.5 Å². The van der Waals surface area contributed by atoms with Gasteiger partial charge in [0.2, 0.25) is 0 Å². The predicted molar refractivity (Wildman–Crippen MR) is 70.5 cm³/mol. The summed E-state index contributed by atoms with van der Waals surface area (Å²) in [5.74, 6) is 0.911. The highest BCUT2D eigenvalue weighted by molar-refractivity contribution is 5.41. The minimum Gasteiger partial charge on any atom is -0.394 e. The Kier molecular flexibility index (Phi) is 4.16. The van der Waals surface area contributed by atoms with Crippen LogP contribution in [0, 0.1) is 0 Å². The van der Waals surface area contributed by atoms with E-state index in [2.05, 4.69) is 16.8 Å². The maximum absolute atomic E-state index is 9.17. The van der Waals surface area contributed by atoms with Gasteiger partial charge in [-0.2, -0.15) is 0 Å². The molecule has 3 atom stereocenters. The molecule has 0 radical (unpaired) electrons. The second-order valence-corrected chi connectivity index (χ2v) is 4.88. The van der Waals surface area contributed by atoms with Crippen molar-refractivity contribution >= 4 is 5.82 Å². The normalized spacial score (nSPS) is 26.1. The van der Waals surface area contributed by atoms with Crippen molar-refractivity contribution in [3.05, 3.63) is 23.9 Å². The van der Waals surface area contributed by atoms with Gasteiger partial charge in [-0.05, 0) is 25.5 Å². The van der Waals surface area contributed by atoms with Gasteiger partial charge in [-0.15, -0.1) is 0 Å². The number of hydrogen-bond donors (Lipinski definition) is 2. The summed E-state index contributed by atoms with van der Waals surface area (Å²) in [4.78, 5) is 6.61. The monoisotopic (exact) mass is 251 g/mol. The van der Waals surface area contributed by atoms with E-state index in [1.807, 2.05) is 25.3 Å². The lowest BCUT2D eigenvalue weighted by Crippen LogP contribution is -2.49. The topological polar surface area (TPSA) is 71.6 Å². The standard InChI is InChI=1S/C13H21N3O2/c1-9-8-18-12(7-17)6-16(9)13-4-3-11(5-15-13)10(2)14/h3-5,9-10,12,17H,6-8,14H2,1-2H3. The molecule has 18 heavy (non-hydrogen) atoms. The van der Waals surface area contributed by atoms with Crippen molar-refractivity contribution < 1.29 is 9.84 Å². The molecule has 100 valence electrons. The molecule has 3 N–H and O–H groups in total. The zero-order chi connectivity index (χ0) is 13.1. The van der Waals surface area contributed by atoms with Crippen LogP contribution in [0.1, 0.15) is 25.5 Å². The first-order valence-corrected chi connectivity index (χ1v) is 6.32. The van der Waals surface area contributed by atoms with Crippen molar-refractivity contribution in [3.63, 3.8) is 0 Å². The smallest absolute Gasteiger partial charge is 0.128 e. The van der Waals surface area contributed by atoms with Gasteiger partial charge in [0.05, 0.1) is 25.4 Å². The molecule has 0 saturated carbocycles. The van der Waals surface area contributed by atoms with Crippen LogP contribution in [0.25, 0.3) is 0 Å². The van der Waals surface area contributed by atoms with E-state index in [1.54, 1.807) is 0 Å². The first-order valence-electron chi connectivity index (χ1n) is 6.32. The first-order chi connectivity index (χ1) is 8.61. The predicted octanol–water partition coefficient (Wildman–Crippen LogP) is 0.687. The van der Waals surface area contributed by atoms with Gasteiger partial charge in [-0.25, -0.2) is 4.98 Å². The molecule has 2 rings (SSSR count). The SMILES string of the molecule is CC(N)c1ccc(N2CC(CO)OCC2C)nc1. The minimum atomic E-state index is -0.129. The number of morpholine rings is 1. The second-order valence-electron chi connectivity index (χ2n) is 4.88. The minimum absolute atomic E-state index is 0.00106. The largest absolute Gasteiger partial charge is 0.394 e. The van der Waals surface area contributed by atoms with Gasteiger partial charge in [0.25, 0.3) is 0 Å². The van der Waals surface area contributed by atoms with Crippen LogP contribution < -0.4 is 10.6 Å². The van der Waals surface area contributed by atoms with Crippen LogP contribution in [0.15, 0.2) is 18.3 Å². The van der Waals surface area contributed by atoms with Crippen LogP contribution >= 0.6 is 0 Å². The Morgan fingerprint density at radius 1 is 1.61 bits per heavy atom. The Labute approximate surface area is 108 Å². The molecular formula is C13H21N3O2. The van der Waals surface area contributed by atoms with Crippen LogP contribution in [0.2, 0.25) is 0 Å². The molecule has 1 aliphatic heterocycles. The highest BCUT2D eigenvalue weighted by Gasteiger charge is 2.26. The molecule has 0 bridgehead atoms. The van der Waals surface area contributed by atoms with Crippen molar-refractivity contribution in [1.29, 1.82) is 0 Å². The number of ether oxygens (including phenoxy) is 1. The Hall–Kier alpha value is -1.17. The van der Waals surface area contributed by atoms with Gasteiger partial charge >= 0.3 is 0 Å². The van der Waals surface area contributed by atoms with E-state index < -0.39 is 0 Å². The molecule has 0 aliphatic carbocycles. The molecule has 3 unspecified atom stereocenters. The Morgan fingerprint density at radius 3 is 2.94 bits per heavy atom. The van der Waals surface area contributed by atoms with E-state index in [0.29, 0.717) is 13.2 Å². The first kappa shape index (κ1) is 13.3. The summed E-state index contributed by atoms with van der Waals surface area (Å²) in [6.07, 6.45) is 1.69. The third-order valence-corrected chi connectivity index (χ3v) is 3.30. The van der Waals surface area contributed by atoms with Crippen molar-refractivity contribution in [2.75, 3.05) is 24.7 Å². The van der Waals surface area contributed by atoms with Gasteiger partial charge in [-0.3, -0.25) is 0 Å². The average molecular weight is 251 g/mol. The molecule has 1 aliphatic rings. The summed E-state index contributed by atoms with van der Waals surface area (Å²) in [6.45, 7) is 5.36. The van der Waals surface area contributed by atoms with Crippen molar-refractivity contribution in [1.82, 2.24) is 4.98 Å². The average Bonchev–Trinajstić information content (AvgIpc) is 2.39. The summed E-state index contributed by atoms with van der Waals surface area (Å²) >= 11 is 0. The molecule has 5 nitrogen and oxygen atoms in total. The number of rotatable bonds is 3. The number of hydrogen-bond acceptors (Lipinski definition) is 5. The lowest BCUT2D eigenvalue weighted by Gasteiger charge is -2.38. The van der Waals surface area contributed by atoms with E-state index in [1.165, 1.54) is 0 Å². The van der Waals surface area contributed by atoms with E-state index in [4.69, 9.17) is 10.5 Å². The van der Waals surface area contributed by atoms with E-state index in [9.17, 15) is 5.11 Å². The third kappa shape index (κ3) is 2.80. The Bertz CT molecular complexity index is 380. The summed E-state index contributed by atoms with van der Waals surface area (Å²) in [7, 11) is 0. The van der Waals surface area contributed by atoms with Crippen LogP contribution in [-0.4, -0.2) is 42.0 Å². The number of nitrogens with two attached hydrogens (primary N) is 1. The molecule has 1 aromatic rings. The van der Waals surface area contributed by atoms with Gasteiger partial charge in [0, 0.05) is 18.8 Å². The number of aliphatic hydroxyl groups is 1. The van der Waals surface area contributed by atoms with Crippen LogP contribution in [0.5, 0.6) is 0 Å². The molecule has 1 fully saturated rings. The fraction of sp³-hybridized carbons (Fsp3) is 0.615. The second kappa shape index (κ2) is 5.65. The number of aliphatic hydroxyl groups excluding tert-OH is 1. The number of anilines is 1. The van der Waals surface area contributed by atoms with Crippen LogP contribution in [-0.2, 0) is 4.74 Å². The van der Waals surface area contributed by atoms with Crippen molar-refractivity contribution in [2.45, 2.75) is 32.0 Å². The van der Waals surface area contributed by atoms with Crippen LogP contribution in [0.4, 0.5) is 5.82 Å². The highest BCUT2D eigenvalue weighted by Crippen LogP contribution is 2.20. The highest BCUT2D eigenvalue weighted by atomic mass is 16.5. The summed E-state index contributed by atoms with van der Waals surface area (Å²) in [5.41, 5.74) is 6.83. The molecule has 2 heterocycles. The maximum atomic E-state index is 9.17. The molecule has 5 heteroatoms. The summed E-state index contributed by atoms with van der Waals surface area (Å²) in [6, 6.07) is 4.25. The fourth-order valence-corrected chi connectivity index (χ4v) is 2.08. The molecule has 0 aromatic carbocycles. The van der Waals surface area contributed by atoms with E-state index in [0.717, 1.165) is 11.4 Å². The molecule has 0 amide bonds. The number of aromatic nitrogens is 1. The Balaban J connectivity index is 2.13. The quantitative estimate of drug-likeness (QED) is 0.827. The van der Waals surface area contributed by atoms with Gasteiger partial charge in [0.1, 0.15) is 5.82 Å². The molecule has 1 saturated heterocycles. The zero-order valence-corrected chi connectivity index (χ0v) is 10.9. The van der Waals surface area contributed by atoms with E-state index in [-0.39, 0.29) is 24.8 Å². The molecule has 0 spiro atoms. The lowest BCUT2D eigenvalue weighted by molar-refractivity contribution is -0.0105. The fourth-order valence-electron chi connectivity index (χ4n) is 2.08. The molecule has 1 aromatic heterocycles.